The fourth-order valence-corrected chi connectivity index (χ4v) is 5.55. The van der Waals surface area contributed by atoms with Crippen molar-refractivity contribution in [2.75, 3.05) is 30.9 Å². The van der Waals surface area contributed by atoms with Crippen molar-refractivity contribution in [2.45, 2.75) is 56.3 Å². The van der Waals surface area contributed by atoms with E-state index >= 15 is 0 Å². The Morgan fingerprint density at radius 3 is 2.31 bits per heavy atom. The molecule has 1 heterocycles. The molecule has 4 N–H and O–H groups in total. The molecule has 0 spiro atoms. The molecule has 1 saturated carbocycles. The van der Waals surface area contributed by atoms with E-state index < -0.39 is 59.8 Å². The summed E-state index contributed by atoms with van der Waals surface area (Å²) < 4.78 is 61.8. The molecule has 3 aromatic carbocycles. The van der Waals surface area contributed by atoms with Crippen molar-refractivity contribution in [3.63, 3.8) is 0 Å². The molecular weight excluding hydrogens is 750 g/mol. The zero-order chi connectivity index (χ0) is 39.6. The lowest BCUT2D eigenvalue weighted by atomic mass is 10.1. The molecule has 4 aromatic rings. The second-order valence-electron chi connectivity index (χ2n) is 12.6. The van der Waals surface area contributed by atoms with E-state index in [1.807, 2.05) is 12.1 Å². The Labute approximate surface area is 317 Å². The van der Waals surface area contributed by atoms with Gasteiger partial charge in [-0.2, -0.15) is 28.1 Å². The SMILES string of the molecule is COC(=O)[C@H](CCNC(=O)C(=O)CCCc1cccc(F)c1)NC(=O)c1ccc(Nc2nc(NC3(c4ccc(Cl)cc4)CC3)nc(OCC(F)(F)F)n2)cc1. The highest BCUT2D eigenvalue weighted by Crippen LogP contribution is 2.48. The van der Waals surface area contributed by atoms with Gasteiger partial charge in [-0.3, -0.25) is 14.4 Å². The lowest BCUT2D eigenvalue weighted by molar-refractivity contribution is -0.154. The van der Waals surface area contributed by atoms with Crippen LogP contribution in [0.4, 0.5) is 35.1 Å². The zero-order valence-corrected chi connectivity index (χ0v) is 30.1. The molecule has 0 saturated heterocycles. The molecule has 0 bridgehead atoms. The van der Waals surface area contributed by atoms with E-state index in [0.717, 1.165) is 12.7 Å². The number of nitrogens with zero attached hydrogens (tertiary/aromatic N) is 3. The second kappa shape index (κ2) is 18.0. The molecule has 290 valence electrons. The highest BCUT2D eigenvalue weighted by atomic mass is 35.5. The molecule has 18 heteroatoms. The van der Waals surface area contributed by atoms with E-state index in [0.29, 0.717) is 42.0 Å². The number of alkyl halides is 3. The Morgan fingerprint density at radius 1 is 0.945 bits per heavy atom. The smallest absolute Gasteiger partial charge is 0.422 e. The number of hydrogen-bond acceptors (Lipinski definition) is 11. The molecule has 1 aromatic heterocycles. The first-order valence-corrected chi connectivity index (χ1v) is 17.4. The van der Waals surface area contributed by atoms with Gasteiger partial charge in [-0.05, 0) is 91.8 Å². The van der Waals surface area contributed by atoms with Crippen molar-refractivity contribution in [3.8, 4) is 6.01 Å². The van der Waals surface area contributed by atoms with Crippen LogP contribution >= 0.6 is 11.6 Å². The van der Waals surface area contributed by atoms with Crippen LogP contribution in [0.2, 0.25) is 5.02 Å². The fourth-order valence-electron chi connectivity index (χ4n) is 5.43. The average Bonchev–Trinajstić information content (AvgIpc) is 3.93. The minimum Gasteiger partial charge on any atom is -0.467 e. The Balaban J connectivity index is 1.17. The van der Waals surface area contributed by atoms with Gasteiger partial charge in [0.05, 0.1) is 12.6 Å². The van der Waals surface area contributed by atoms with Gasteiger partial charge >= 0.3 is 18.2 Å². The minimum atomic E-state index is -4.64. The summed E-state index contributed by atoms with van der Waals surface area (Å²) in [5.41, 5.74) is 1.50. The van der Waals surface area contributed by atoms with E-state index in [4.69, 9.17) is 21.1 Å². The Bertz CT molecular complexity index is 2000. The highest BCUT2D eigenvalue weighted by Gasteiger charge is 2.45. The standard InChI is InChI=1S/C37H36ClF4N7O6/c1-54-32(53)28(16-19-43-31(52)29(50)7-3-5-22-4-2-6-26(39)20-22)45-30(51)23-8-14-27(15-9-23)44-33-46-34(48-35(47-33)55-21-37(40,41)42)49-36(17-18-36)24-10-12-25(38)13-11-24/h2,4,6,8-15,20,28H,3,5,7,16-19,21H2,1H3,(H,43,52)(H,45,51)(H2,44,46,47,48,49)/t28-/m0/s1. The number of nitrogens with one attached hydrogen (secondary N) is 4. The summed E-state index contributed by atoms with van der Waals surface area (Å²) in [4.78, 5) is 62.4. The number of esters is 1. The number of benzene rings is 3. The Morgan fingerprint density at radius 2 is 1.65 bits per heavy atom. The van der Waals surface area contributed by atoms with E-state index in [9.17, 15) is 36.7 Å². The third kappa shape index (κ3) is 12.1. The maximum atomic E-state index is 13.4. The van der Waals surface area contributed by atoms with Gasteiger partial charge in [0, 0.05) is 29.2 Å². The van der Waals surface area contributed by atoms with Crippen LogP contribution < -0.4 is 26.0 Å². The highest BCUT2D eigenvalue weighted by molar-refractivity contribution is 6.36. The molecule has 2 amide bonds. The molecule has 5 rings (SSSR count). The third-order valence-corrected chi connectivity index (χ3v) is 8.65. The number of aryl methyl sites for hydroxylation is 1. The summed E-state index contributed by atoms with van der Waals surface area (Å²) in [7, 11) is 1.13. The summed E-state index contributed by atoms with van der Waals surface area (Å²) >= 11 is 6.02. The van der Waals surface area contributed by atoms with Gasteiger partial charge in [0.2, 0.25) is 17.7 Å². The maximum absolute atomic E-state index is 13.4. The number of anilines is 3. The van der Waals surface area contributed by atoms with Gasteiger partial charge in [-0.15, -0.1) is 0 Å². The minimum absolute atomic E-state index is 0.0339. The van der Waals surface area contributed by atoms with Crippen LogP contribution in [0.25, 0.3) is 0 Å². The van der Waals surface area contributed by atoms with Crippen LogP contribution in [0.15, 0.2) is 72.8 Å². The molecule has 1 aliphatic carbocycles. The molecular formula is C37H36ClF4N7O6. The van der Waals surface area contributed by atoms with Gasteiger partial charge in [0.15, 0.2) is 6.61 Å². The number of hydrogen-bond donors (Lipinski definition) is 4. The molecule has 1 fully saturated rings. The van der Waals surface area contributed by atoms with Gasteiger partial charge in [-0.25, -0.2) is 9.18 Å². The van der Waals surface area contributed by atoms with Crippen LogP contribution in [0.1, 0.15) is 53.6 Å². The monoisotopic (exact) mass is 785 g/mol. The van der Waals surface area contributed by atoms with Gasteiger partial charge in [0.25, 0.3) is 11.8 Å². The van der Waals surface area contributed by atoms with Crippen molar-refractivity contribution < 1.29 is 46.2 Å². The lowest BCUT2D eigenvalue weighted by Crippen LogP contribution is -2.44. The summed E-state index contributed by atoms with van der Waals surface area (Å²) in [5.74, 6) is -3.54. The van der Waals surface area contributed by atoms with E-state index in [2.05, 4.69) is 36.2 Å². The molecule has 0 aliphatic heterocycles. The predicted octanol–water partition coefficient (Wildman–Crippen LogP) is 5.82. The fraction of sp³-hybridized carbons (Fsp3) is 0.324. The van der Waals surface area contributed by atoms with Gasteiger partial charge < -0.3 is 30.7 Å². The maximum Gasteiger partial charge on any atom is 0.422 e. The topological polar surface area (TPSA) is 174 Å². The normalized spacial score (nSPS) is 13.6. The lowest BCUT2D eigenvalue weighted by Gasteiger charge is -2.19. The van der Waals surface area contributed by atoms with Crippen molar-refractivity contribution in [1.82, 2.24) is 25.6 Å². The summed E-state index contributed by atoms with van der Waals surface area (Å²) in [6, 6.07) is 17.1. The van der Waals surface area contributed by atoms with Crippen LogP contribution in [-0.4, -0.2) is 71.0 Å². The Hall–Kier alpha value is -5.84. The van der Waals surface area contributed by atoms with Crippen molar-refractivity contribution in [3.05, 3.63) is 100 Å². The number of amides is 2. The number of halogens is 5. The zero-order valence-electron chi connectivity index (χ0n) is 29.3. The number of aromatic nitrogens is 3. The number of carbonyl (C=O) groups excluding carboxylic acids is 4. The number of rotatable bonds is 18. The molecule has 13 nitrogen and oxygen atoms in total. The van der Waals surface area contributed by atoms with Crippen molar-refractivity contribution >= 4 is 52.8 Å². The quantitative estimate of drug-likeness (QED) is 0.0544. The second-order valence-corrected chi connectivity index (χ2v) is 13.0. The van der Waals surface area contributed by atoms with E-state index in [1.165, 1.54) is 36.4 Å². The van der Waals surface area contributed by atoms with Crippen LogP contribution in [0.3, 0.4) is 0 Å². The summed E-state index contributed by atoms with van der Waals surface area (Å²) in [6.45, 7) is -1.76. The number of carbonyl (C=O) groups is 4. The molecule has 1 aliphatic rings. The number of Topliss-reactive ketones (excluding diaryl/α,β-unsaturated/α-hetero) is 1. The molecule has 0 unspecified atom stereocenters. The first-order chi connectivity index (χ1) is 26.2. The number of methoxy groups -OCH3 is 1. The van der Waals surface area contributed by atoms with Gasteiger partial charge in [-0.1, -0.05) is 35.9 Å². The largest absolute Gasteiger partial charge is 0.467 e. The Kier molecular flexibility index (Phi) is 13.2. The third-order valence-electron chi connectivity index (χ3n) is 8.40. The van der Waals surface area contributed by atoms with Crippen LogP contribution in [0, 0.1) is 5.82 Å². The number of ketones is 1. The van der Waals surface area contributed by atoms with Crippen LogP contribution in [-0.2, 0) is 31.1 Å². The van der Waals surface area contributed by atoms with Crippen molar-refractivity contribution in [2.24, 2.45) is 0 Å². The molecule has 1 atom stereocenters. The predicted molar refractivity (Wildman–Crippen MR) is 192 cm³/mol. The first-order valence-electron chi connectivity index (χ1n) is 17.0. The molecule has 55 heavy (non-hydrogen) atoms. The molecule has 0 radical (unpaired) electrons. The summed E-state index contributed by atoms with van der Waals surface area (Å²) in [6.07, 6.45) is -2.64. The van der Waals surface area contributed by atoms with Gasteiger partial charge in [0.1, 0.15) is 11.9 Å². The van der Waals surface area contributed by atoms with E-state index in [1.54, 1.807) is 24.3 Å². The summed E-state index contributed by atoms with van der Waals surface area (Å²) in [5, 5.41) is 11.6. The first kappa shape index (κ1) is 40.3. The number of ether oxygens (including phenoxy) is 2. The van der Waals surface area contributed by atoms with E-state index in [-0.39, 0.29) is 36.8 Å². The van der Waals surface area contributed by atoms with Crippen molar-refractivity contribution in [1.29, 1.82) is 0 Å². The van der Waals surface area contributed by atoms with Crippen LogP contribution in [0.5, 0.6) is 6.01 Å². The average molecular weight is 786 g/mol.